The standard InChI is InChI=1S/C13H27NO/c1-3-5-12(4-2)14-10-11-6-8-13(15)9-7-11/h11-15H,3-10H2,1-2H3. The summed E-state index contributed by atoms with van der Waals surface area (Å²) in [5.41, 5.74) is 0. The number of hydrogen-bond donors (Lipinski definition) is 2. The van der Waals surface area contributed by atoms with Crippen LogP contribution in [-0.2, 0) is 0 Å². The van der Waals surface area contributed by atoms with Crippen molar-refractivity contribution in [3.63, 3.8) is 0 Å². The Hall–Kier alpha value is -0.0800. The van der Waals surface area contributed by atoms with Gasteiger partial charge in [0.1, 0.15) is 0 Å². The predicted octanol–water partition coefficient (Wildman–Crippen LogP) is 2.71. The highest BCUT2D eigenvalue weighted by molar-refractivity contribution is 4.75. The maximum absolute atomic E-state index is 9.41. The number of hydrogen-bond acceptors (Lipinski definition) is 2. The molecule has 0 heterocycles. The molecule has 0 aromatic carbocycles. The van der Waals surface area contributed by atoms with Crippen LogP contribution in [0.15, 0.2) is 0 Å². The van der Waals surface area contributed by atoms with E-state index in [9.17, 15) is 5.11 Å². The van der Waals surface area contributed by atoms with E-state index in [0.717, 1.165) is 25.3 Å². The molecule has 1 rings (SSSR count). The number of nitrogens with one attached hydrogen (secondary N) is 1. The van der Waals surface area contributed by atoms with Crippen LogP contribution >= 0.6 is 0 Å². The molecule has 2 N–H and O–H groups in total. The van der Waals surface area contributed by atoms with Crippen LogP contribution in [0.5, 0.6) is 0 Å². The van der Waals surface area contributed by atoms with Gasteiger partial charge in [0.05, 0.1) is 6.10 Å². The predicted molar refractivity (Wildman–Crippen MR) is 65.0 cm³/mol. The summed E-state index contributed by atoms with van der Waals surface area (Å²) in [5.74, 6) is 0.805. The fraction of sp³-hybridized carbons (Fsp3) is 1.00. The van der Waals surface area contributed by atoms with E-state index in [2.05, 4.69) is 19.2 Å². The van der Waals surface area contributed by atoms with Crippen LogP contribution in [0.3, 0.4) is 0 Å². The highest BCUT2D eigenvalue weighted by atomic mass is 16.3. The second-order valence-corrected chi connectivity index (χ2v) is 4.98. The smallest absolute Gasteiger partial charge is 0.0540 e. The van der Waals surface area contributed by atoms with E-state index in [1.165, 1.54) is 32.1 Å². The highest BCUT2D eigenvalue weighted by Gasteiger charge is 2.19. The van der Waals surface area contributed by atoms with Crippen molar-refractivity contribution in [2.75, 3.05) is 6.54 Å². The van der Waals surface area contributed by atoms with E-state index in [4.69, 9.17) is 0 Å². The molecule has 1 aliphatic carbocycles. The molecule has 1 fully saturated rings. The van der Waals surface area contributed by atoms with Gasteiger partial charge in [0.15, 0.2) is 0 Å². The third-order valence-corrected chi connectivity index (χ3v) is 3.64. The maximum atomic E-state index is 9.41. The van der Waals surface area contributed by atoms with Crippen molar-refractivity contribution in [1.29, 1.82) is 0 Å². The summed E-state index contributed by atoms with van der Waals surface area (Å²) in [6.45, 7) is 5.67. The molecule has 2 heteroatoms. The van der Waals surface area contributed by atoms with E-state index in [0.29, 0.717) is 6.04 Å². The quantitative estimate of drug-likeness (QED) is 0.711. The van der Waals surface area contributed by atoms with Crippen molar-refractivity contribution < 1.29 is 5.11 Å². The van der Waals surface area contributed by atoms with E-state index in [1.807, 2.05) is 0 Å². The van der Waals surface area contributed by atoms with Crippen LogP contribution in [-0.4, -0.2) is 23.8 Å². The summed E-state index contributed by atoms with van der Waals surface area (Å²) >= 11 is 0. The molecule has 90 valence electrons. The van der Waals surface area contributed by atoms with Crippen molar-refractivity contribution in [3.05, 3.63) is 0 Å². The van der Waals surface area contributed by atoms with Gasteiger partial charge in [0.25, 0.3) is 0 Å². The van der Waals surface area contributed by atoms with Gasteiger partial charge in [0.2, 0.25) is 0 Å². The summed E-state index contributed by atoms with van der Waals surface area (Å²) in [6.07, 6.45) is 8.23. The molecule has 0 aliphatic heterocycles. The van der Waals surface area contributed by atoms with Gasteiger partial charge in [-0.2, -0.15) is 0 Å². The molecular weight excluding hydrogens is 186 g/mol. The van der Waals surface area contributed by atoms with Gasteiger partial charge < -0.3 is 10.4 Å². The van der Waals surface area contributed by atoms with E-state index in [1.54, 1.807) is 0 Å². The molecule has 0 aromatic rings. The summed E-state index contributed by atoms with van der Waals surface area (Å²) in [4.78, 5) is 0. The number of aliphatic hydroxyl groups is 1. The zero-order chi connectivity index (χ0) is 11.1. The fourth-order valence-corrected chi connectivity index (χ4v) is 2.48. The Balaban J connectivity index is 2.12. The first-order valence-electron chi connectivity index (χ1n) is 6.67. The van der Waals surface area contributed by atoms with Crippen LogP contribution in [0.4, 0.5) is 0 Å². The van der Waals surface area contributed by atoms with Crippen LogP contribution in [0, 0.1) is 5.92 Å². The number of rotatable bonds is 6. The molecule has 0 amide bonds. The summed E-state index contributed by atoms with van der Waals surface area (Å²) in [5, 5.41) is 13.1. The van der Waals surface area contributed by atoms with E-state index in [-0.39, 0.29) is 6.10 Å². The minimum atomic E-state index is -0.0149. The largest absolute Gasteiger partial charge is 0.393 e. The Morgan fingerprint density at radius 3 is 2.40 bits per heavy atom. The molecule has 2 nitrogen and oxygen atoms in total. The van der Waals surface area contributed by atoms with E-state index < -0.39 is 0 Å². The molecule has 1 unspecified atom stereocenters. The Kier molecular flexibility index (Phi) is 6.26. The molecular formula is C13H27NO. The van der Waals surface area contributed by atoms with Crippen LogP contribution in [0.1, 0.15) is 58.8 Å². The fourth-order valence-electron chi connectivity index (χ4n) is 2.48. The molecule has 0 aromatic heterocycles. The first-order chi connectivity index (χ1) is 7.26. The highest BCUT2D eigenvalue weighted by Crippen LogP contribution is 2.23. The Bertz CT molecular complexity index is 153. The van der Waals surface area contributed by atoms with Gasteiger partial charge in [-0.25, -0.2) is 0 Å². The zero-order valence-corrected chi connectivity index (χ0v) is 10.3. The average molecular weight is 213 g/mol. The molecule has 0 bridgehead atoms. The Labute approximate surface area is 94.5 Å². The van der Waals surface area contributed by atoms with Crippen LogP contribution < -0.4 is 5.32 Å². The zero-order valence-electron chi connectivity index (χ0n) is 10.3. The van der Waals surface area contributed by atoms with Crippen molar-refractivity contribution in [3.8, 4) is 0 Å². The van der Waals surface area contributed by atoms with Crippen molar-refractivity contribution >= 4 is 0 Å². The molecule has 0 saturated heterocycles. The van der Waals surface area contributed by atoms with Crippen molar-refractivity contribution in [1.82, 2.24) is 5.32 Å². The third-order valence-electron chi connectivity index (χ3n) is 3.64. The summed E-state index contributed by atoms with van der Waals surface area (Å²) in [7, 11) is 0. The van der Waals surface area contributed by atoms with Crippen molar-refractivity contribution in [2.45, 2.75) is 70.9 Å². The molecule has 15 heavy (non-hydrogen) atoms. The lowest BCUT2D eigenvalue weighted by Gasteiger charge is -2.27. The second-order valence-electron chi connectivity index (χ2n) is 4.98. The third kappa shape index (κ3) is 4.98. The minimum Gasteiger partial charge on any atom is -0.393 e. The molecule has 1 atom stereocenters. The molecule has 1 aliphatic rings. The Morgan fingerprint density at radius 1 is 1.20 bits per heavy atom. The molecule has 1 saturated carbocycles. The maximum Gasteiger partial charge on any atom is 0.0540 e. The van der Waals surface area contributed by atoms with Gasteiger partial charge in [-0.1, -0.05) is 20.3 Å². The molecule has 0 spiro atoms. The average Bonchev–Trinajstić information content (AvgIpc) is 2.26. The van der Waals surface area contributed by atoms with Gasteiger partial charge in [-0.05, 0) is 51.0 Å². The first-order valence-corrected chi connectivity index (χ1v) is 6.67. The first kappa shape index (κ1) is 13.0. The molecule has 0 radical (unpaired) electrons. The lowest BCUT2D eigenvalue weighted by Crippen LogP contribution is -2.34. The second kappa shape index (κ2) is 7.24. The van der Waals surface area contributed by atoms with Crippen molar-refractivity contribution in [2.24, 2.45) is 5.92 Å². The van der Waals surface area contributed by atoms with Gasteiger partial charge in [0, 0.05) is 6.04 Å². The minimum absolute atomic E-state index is 0.0149. The normalized spacial score (nSPS) is 29.0. The summed E-state index contributed by atoms with van der Waals surface area (Å²) < 4.78 is 0. The SMILES string of the molecule is CCCC(CC)NCC1CCC(O)CC1. The lowest BCUT2D eigenvalue weighted by atomic mass is 9.87. The van der Waals surface area contributed by atoms with Crippen LogP contribution in [0.2, 0.25) is 0 Å². The number of aliphatic hydroxyl groups excluding tert-OH is 1. The lowest BCUT2D eigenvalue weighted by molar-refractivity contribution is 0.107. The Morgan fingerprint density at radius 2 is 1.87 bits per heavy atom. The van der Waals surface area contributed by atoms with Gasteiger partial charge in [-0.3, -0.25) is 0 Å². The van der Waals surface area contributed by atoms with Gasteiger partial charge in [-0.15, -0.1) is 0 Å². The van der Waals surface area contributed by atoms with Gasteiger partial charge >= 0.3 is 0 Å². The van der Waals surface area contributed by atoms with Crippen LogP contribution in [0.25, 0.3) is 0 Å². The monoisotopic (exact) mass is 213 g/mol. The van der Waals surface area contributed by atoms with E-state index >= 15 is 0 Å². The topological polar surface area (TPSA) is 32.3 Å². The summed E-state index contributed by atoms with van der Waals surface area (Å²) in [6, 6.07) is 0.710.